The third-order valence-electron chi connectivity index (χ3n) is 12.0. The standard InChI is InChI=1S/C53H39B/c1-36-31-33-38-17-9-11-25-45(38)51(36)54(52-37(2)32-34-39-18-10-12-26-46(39)52)43-24-15-19-40(35-43)44-28-16-30-49-50(44)47-27-13-14-29-48(47)53(49,41-20-5-3-6-21-41)42-22-7-4-8-23-42/h3-35H,1-2H3. The minimum atomic E-state index is -0.440. The predicted molar refractivity (Wildman–Crippen MR) is 231 cm³/mol. The van der Waals surface area contributed by atoms with Crippen LogP contribution in [0.2, 0.25) is 0 Å². The minimum Gasteiger partial charge on any atom is -0.0680 e. The zero-order valence-electron chi connectivity index (χ0n) is 30.6. The van der Waals surface area contributed by atoms with Crippen LogP contribution >= 0.6 is 0 Å². The van der Waals surface area contributed by atoms with E-state index in [0.29, 0.717) is 0 Å². The van der Waals surface area contributed by atoms with Crippen LogP contribution < -0.4 is 16.4 Å². The highest BCUT2D eigenvalue weighted by Gasteiger charge is 2.46. The summed E-state index contributed by atoms with van der Waals surface area (Å²) in [7, 11) is 0. The molecule has 1 aliphatic rings. The summed E-state index contributed by atoms with van der Waals surface area (Å²) in [5.41, 5.74) is 16.6. The van der Waals surface area contributed by atoms with Gasteiger partial charge in [0.1, 0.15) is 0 Å². The Balaban J connectivity index is 1.26. The van der Waals surface area contributed by atoms with Gasteiger partial charge < -0.3 is 0 Å². The lowest BCUT2D eigenvalue weighted by Crippen LogP contribution is -2.54. The molecule has 9 aromatic carbocycles. The number of rotatable bonds is 6. The Morgan fingerprint density at radius 1 is 0.389 bits per heavy atom. The van der Waals surface area contributed by atoms with Crippen LogP contribution in [0.1, 0.15) is 33.4 Å². The van der Waals surface area contributed by atoms with Gasteiger partial charge in [-0.25, -0.2) is 0 Å². The van der Waals surface area contributed by atoms with Crippen LogP contribution in [0.3, 0.4) is 0 Å². The van der Waals surface area contributed by atoms with E-state index in [0.717, 1.165) is 0 Å². The second-order valence-electron chi connectivity index (χ2n) is 14.8. The molecule has 0 aromatic heterocycles. The maximum atomic E-state index is 2.48. The number of aryl methyl sites for hydroxylation is 2. The van der Waals surface area contributed by atoms with Crippen LogP contribution in [0.4, 0.5) is 0 Å². The average molecular weight is 687 g/mol. The molecule has 0 heterocycles. The SMILES string of the molecule is Cc1ccc2ccccc2c1B(c1cccc(-c2cccc3c2-c2ccccc2C3(c2ccccc2)c2ccccc2)c1)c1c(C)ccc2ccccc12. The van der Waals surface area contributed by atoms with Crippen LogP contribution in [0.5, 0.6) is 0 Å². The molecule has 0 amide bonds. The van der Waals surface area contributed by atoms with Gasteiger partial charge in [0, 0.05) is 0 Å². The highest BCUT2D eigenvalue weighted by molar-refractivity contribution is 6.98. The van der Waals surface area contributed by atoms with Crippen molar-refractivity contribution in [3.8, 4) is 22.3 Å². The molecule has 0 atom stereocenters. The second-order valence-corrected chi connectivity index (χ2v) is 14.8. The molecule has 0 unspecified atom stereocenters. The molecule has 0 spiro atoms. The van der Waals surface area contributed by atoms with Crippen molar-refractivity contribution in [3.63, 3.8) is 0 Å². The normalized spacial score (nSPS) is 12.8. The monoisotopic (exact) mass is 686 g/mol. The fraction of sp³-hybridized carbons (Fsp3) is 0.0566. The fourth-order valence-electron chi connectivity index (χ4n) is 9.67. The van der Waals surface area contributed by atoms with Crippen LogP contribution in [0.25, 0.3) is 43.8 Å². The number of hydrogen-bond acceptors (Lipinski definition) is 0. The first-order valence-corrected chi connectivity index (χ1v) is 19.1. The van der Waals surface area contributed by atoms with Crippen molar-refractivity contribution in [2.45, 2.75) is 19.3 Å². The van der Waals surface area contributed by atoms with Gasteiger partial charge in [0.25, 0.3) is 0 Å². The molecule has 0 aliphatic heterocycles. The third-order valence-corrected chi connectivity index (χ3v) is 12.0. The molecular formula is C53H39B. The zero-order chi connectivity index (χ0) is 36.2. The van der Waals surface area contributed by atoms with Gasteiger partial charge in [-0.15, -0.1) is 0 Å². The van der Waals surface area contributed by atoms with E-state index in [2.05, 4.69) is 214 Å². The largest absolute Gasteiger partial charge is 0.243 e. The highest BCUT2D eigenvalue weighted by Crippen LogP contribution is 2.58. The van der Waals surface area contributed by atoms with E-state index in [-0.39, 0.29) is 6.71 Å². The Morgan fingerprint density at radius 3 is 1.52 bits per heavy atom. The van der Waals surface area contributed by atoms with Crippen molar-refractivity contribution in [1.29, 1.82) is 0 Å². The molecule has 1 heteroatoms. The van der Waals surface area contributed by atoms with Crippen LogP contribution in [-0.2, 0) is 5.41 Å². The Hall–Kier alpha value is -6.44. The van der Waals surface area contributed by atoms with Gasteiger partial charge in [-0.3, -0.25) is 0 Å². The van der Waals surface area contributed by atoms with E-state index in [9.17, 15) is 0 Å². The maximum absolute atomic E-state index is 2.48. The van der Waals surface area contributed by atoms with Crippen LogP contribution in [0, 0.1) is 13.8 Å². The van der Waals surface area contributed by atoms with Crippen molar-refractivity contribution in [1.82, 2.24) is 0 Å². The summed E-state index contributed by atoms with van der Waals surface area (Å²) in [6.45, 7) is 4.60. The predicted octanol–water partition coefficient (Wildman–Crippen LogP) is 11.2. The summed E-state index contributed by atoms with van der Waals surface area (Å²) < 4.78 is 0. The molecule has 0 saturated heterocycles. The molecule has 54 heavy (non-hydrogen) atoms. The molecule has 0 bridgehead atoms. The topological polar surface area (TPSA) is 0 Å². The van der Waals surface area contributed by atoms with Crippen molar-refractivity contribution in [2.75, 3.05) is 0 Å². The smallest absolute Gasteiger partial charge is 0.0680 e. The zero-order valence-corrected chi connectivity index (χ0v) is 30.6. The van der Waals surface area contributed by atoms with E-state index in [1.165, 1.54) is 93.6 Å². The molecule has 0 saturated carbocycles. The van der Waals surface area contributed by atoms with E-state index < -0.39 is 5.41 Å². The van der Waals surface area contributed by atoms with E-state index in [1.807, 2.05) is 0 Å². The first kappa shape index (κ1) is 32.2. The third kappa shape index (κ3) is 4.85. The summed E-state index contributed by atoms with van der Waals surface area (Å²) in [4.78, 5) is 0. The lowest BCUT2D eigenvalue weighted by Gasteiger charge is -2.34. The molecule has 1 aliphatic carbocycles. The first-order chi connectivity index (χ1) is 26.6. The molecule has 0 fully saturated rings. The number of fused-ring (bicyclic) bond motifs is 5. The van der Waals surface area contributed by atoms with Gasteiger partial charge in [0.05, 0.1) is 5.41 Å². The van der Waals surface area contributed by atoms with Gasteiger partial charge in [0.2, 0.25) is 6.71 Å². The molecule has 0 N–H and O–H groups in total. The number of hydrogen-bond donors (Lipinski definition) is 0. The number of benzene rings is 9. The maximum Gasteiger partial charge on any atom is 0.243 e. The van der Waals surface area contributed by atoms with Crippen molar-refractivity contribution < 1.29 is 0 Å². The molecule has 254 valence electrons. The average Bonchev–Trinajstić information content (AvgIpc) is 3.54. The Morgan fingerprint density at radius 2 is 0.889 bits per heavy atom. The summed E-state index contributed by atoms with van der Waals surface area (Å²) in [5, 5.41) is 5.16. The van der Waals surface area contributed by atoms with E-state index in [4.69, 9.17) is 0 Å². The van der Waals surface area contributed by atoms with Crippen LogP contribution in [-0.4, -0.2) is 6.71 Å². The summed E-state index contributed by atoms with van der Waals surface area (Å²) in [6.07, 6.45) is 0. The van der Waals surface area contributed by atoms with Gasteiger partial charge in [-0.05, 0) is 79.9 Å². The van der Waals surface area contributed by atoms with Crippen molar-refractivity contribution in [3.05, 3.63) is 234 Å². The highest BCUT2D eigenvalue weighted by atomic mass is 14.5. The lowest BCUT2D eigenvalue weighted by atomic mass is 9.34. The summed E-state index contributed by atoms with van der Waals surface area (Å²) >= 11 is 0. The quantitative estimate of drug-likeness (QED) is 0.153. The first-order valence-electron chi connectivity index (χ1n) is 19.1. The van der Waals surface area contributed by atoms with Gasteiger partial charge in [-0.2, -0.15) is 0 Å². The lowest BCUT2D eigenvalue weighted by molar-refractivity contribution is 0.768. The van der Waals surface area contributed by atoms with E-state index >= 15 is 0 Å². The van der Waals surface area contributed by atoms with Gasteiger partial charge in [0.15, 0.2) is 0 Å². The Bertz CT molecular complexity index is 2730. The van der Waals surface area contributed by atoms with E-state index in [1.54, 1.807) is 0 Å². The van der Waals surface area contributed by atoms with Crippen LogP contribution in [0.15, 0.2) is 200 Å². The molecule has 9 aromatic rings. The summed E-state index contributed by atoms with van der Waals surface area (Å²) in [5.74, 6) is 0. The van der Waals surface area contributed by atoms with Gasteiger partial charge in [-0.1, -0.05) is 228 Å². The Kier molecular flexibility index (Phi) is 7.70. The Labute approximate surface area is 318 Å². The molecule has 0 nitrogen and oxygen atoms in total. The molecular weight excluding hydrogens is 647 g/mol. The van der Waals surface area contributed by atoms with Gasteiger partial charge >= 0.3 is 0 Å². The summed E-state index contributed by atoms with van der Waals surface area (Å²) in [6, 6.07) is 74.6. The van der Waals surface area contributed by atoms with Crippen molar-refractivity contribution in [2.24, 2.45) is 0 Å². The minimum absolute atomic E-state index is 0.0268. The molecule has 0 radical (unpaired) electrons. The fourth-order valence-corrected chi connectivity index (χ4v) is 9.67. The van der Waals surface area contributed by atoms with Crippen molar-refractivity contribution >= 4 is 44.6 Å². The second kappa shape index (κ2) is 12.9. The molecule has 10 rings (SSSR count).